The maximum Gasteiger partial charge on any atom is 0.408 e. The maximum absolute atomic E-state index is 12.8. The van der Waals surface area contributed by atoms with Crippen LogP contribution in [-0.4, -0.2) is 40.0 Å². The van der Waals surface area contributed by atoms with Crippen LogP contribution in [0.4, 0.5) is 4.79 Å². The molecule has 1 unspecified atom stereocenters. The van der Waals surface area contributed by atoms with Crippen molar-refractivity contribution < 1.29 is 33.8 Å². The van der Waals surface area contributed by atoms with Crippen molar-refractivity contribution in [2.45, 2.75) is 50.3 Å². The van der Waals surface area contributed by atoms with E-state index in [1.54, 1.807) is 43.3 Å². The van der Waals surface area contributed by atoms with Crippen molar-refractivity contribution in [2.75, 3.05) is 0 Å². The van der Waals surface area contributed by atoms with Gasteiger partial charge in [0, 0.05) is 6.42 Å². The van der Waals surface area contributed by atoms with Crippen LogP contribution in [0, 0.1) is 0 Å². The van der Waals surface area contributed by atoms with Gasteiger partial charge in [0.25, 0.3) is 0 Å². The van der Waals surface area contributed by atoms with E-state index in [1.165, 1.54) is 0 Å². The van der Waals surface area contributed by atoms with Crippen LogP contribution in [0.25, 0.3) is 0 Å². The number of amides is 2. The average molecular weight is 489 g/mol. The summed E-state index contributed by atoms with van der Waals surface area (Å²) in [6.07, 6.45) is -1.23. The van der Waals surface area contributed by atoms with Crippen molar-refractivity contribution in [3.8, 4) is 0 Å². The van der Waals surface area contributed by atoms with Crippen LogP contribution in [0.5, 0.6) is 0 Å². The average Bonchev–Trinajstić information content (AvgIpc) is 2.84. The molecule has 0 heterocycles. The van der Waals surface area contributed by atoms with E-state index < -0.39 is 34.9 Å². The molecule has 10 heteroatoms. The fourth-order valence-electron chi connectivity index (χ4n) is 2.83. The van der Waals surface area contributed by atoms with Gasteiger partial charge in [-0.3, -0.25) is 9.59 Å². The Balaban J connectivity index is 1.98. The van der Waals surface area contributed by atoms with Gasteiger partial charge in [-0.1, -0.05) is 67.6 Å². The molecule has 0 aliphatic rings. The van der Waals surface area contributed by atoms with Crippen LogP contribution >= 0.6 is 12.6 Å². The first-order chi connectivity index (χ1) is 16.2. The fourth-order valence-corrected chi connectivity index (χ4v) is 2.94. The molecule has 0 spiro atoms. The van der Waals surface area contributed by atoms with Gasteiger partial charge in [-0.15, -0.1) is 12.6 Å². The number of thiol groups is 1. The Morgan fingerprint density at radius 3 is 1.97 bits per heavy atom. The summed E-state index contributed by atoms with van der Waals surface area (Å²) in [5.41, 5.74) is 1.55. The second kappa shape index (κ2) is 13.2. The molecule has 34 heavy (non-hydrogen) atoms. The minimum absolute atomic E-state index is 0.0124. The highest BCUT2D eigenvalue weighted by Gasteiger charge is 2.36. The smallest absolute Gasteiger partial charge is 0.408 e. The molecule has 0 radical (unpaired) electrons. The van der Waals surface area contributed by atoms with Crippen molar-refractivity contribution in [1.29, 1.82) is 0 Å². The van der Waals surface area contributed by atoms with E-state index in [4.69, 9.17) is 9.47 Å². The van der Waals surface area contributed by atoms with Crippen LogP contribution in [0.2, 0.25) is 0 Å². The van der Waals surface area contributed by atoms with Crippen LogP contribution in [0.15, 0.2) is 60.7 Å². The number of benzene rings is 2. The zero-order chi connectivity index (χ0) is 25.0. The van der Waals surface area contributed by atoms with E-state index in [1.807, 2.05) is 24.3 Å². The van der Waals surface area contributed by atoms with E-state index in [0.717, 1.165) is 11.1 Å². The molecule has 0 aromatic heterocycles. The minimum Gasteiger partial charge on any atom is -0.479 e. The monoisotopic (exact) mass is 488 g/mol. The highest BCUT2D eigenvalue weighted by Crippen LogP contribution is 2.16. The van der Waals surface area contributed by atoms with Crippen molar-refractivity contribution in [2.24, 2.45) is 0 Å². The summed E-state index contributed by atoms with van der Waals surface area (Å²) in [5, 5.41) is 14.1. The van der Waals surface area contributed by atoms with Crippen molar-refractivity contribution in [3.05, 3.63) is 71.8 Å². The summed E-state index contributed by atoms with van der Waals surface area (Å²) in [6.45, 7) is 1.58. The van der Waals surface area contributed by atoms with Crippen LogP contribution in [0.3, 0.4) is 0 Å². The summed E-state index contributed by atoms with van der Waals surface area (Å²) in [4.78, 5) is 46.9. The summed E-state index contributed by atoms with van der Waals surface area (Å²) in [6, 6.07) is 16.8. The predicted molar refractivity (Wildman–Crippen MR) is 127 cm³/mol. The normalized spacial score (nSPS) is 13.1. The second-order valence-electron chi connectivity index (χ2n) is 7.45. The molecular formula is C24H28N2O7S. The molecule has 0 aliphatic heterocycles. The van der Waals surface area contributed by atoms with E-state index in [-0.39, 0.29) is 32.5 Å². The Kier molecular flexibility index (Phi) is 10.4. The molecule has 2 amide bonds. The van der Waals surface area contributed by atoms with Crippen molar-refractivity contribution >= 4 is 36.6 Å². The topological polar surface area (TPSA) is 131 Å². The number of carbonyl (C=O) groups excluding carboxylic acids is 3. The number of esters is 1. The summed E-state index contributed by atoms with van der Waals surface area (Å²) in [7, 11) is 0. The molecule has 0 aliphatic carbocycles. The third-order valence-electron chi connectivity index (χ3n) is 4.90. The Hall–Kier alpha value is -3.53. The SMILES string of the molecule is CCC(S)(NC(=O)[C@H](CCC(=O)OCc1ccccc1)NC(=O)OCc1ccccc1)C(=O)O. The number of rotatable bonds is 12. The first-order valence-electron chi connectivity index (χ1n) is 10.7. The van der Waals surface area contributed by atoms with Crippen LogP contribution in [0.1, 0.15) is 37.3 Å². The maximum atomic E-state index is 12.8. The highest BCUT2D eigenvalue weighted by molar-refractivity contribution is 7.82. The molecule has 0 fully saturated rings. The number of aliphatic carboxylic acids is 1. The predicted octanol–water partition coefficient (Wildman–Crippen LogP) is 3.04. The van der Waals surface area contributed by atoms with Gasteiger partial charge in [-0.2, -0.15) is 0 Å². The van der Waals surface area contributed by atoms with Gasteiger partial charge in [0.1, 0.15) is 19.3 Å². The number of carboxylic acid groups (broad SMARTS) is 1. The molecule has 3 N–H and O–H groups in total. The number of nitrogens with one attached hydrogen (secondary N) is 2. The molecule has 182 valence electrons. The molecule has 2 aromatic rings. The van der Waals surface area contributed by atoms with Gasteiger partial charge in [-0.05, 0) is 24.0 Å². The lowest BCUT2D eigenvalue weighted by Gasteiger charge is -2.26. The number of carboxylic acids is 1. The van der Waals surface area contributed by atoms with Crippen molar-refractivity contribution in [3.63, 3.8) is 0 Å². The molecule has 2 rings (SSSR count). The number of hydrogen-bond acceptors (Lipinski definition) is 7. The van der Waals surface area contributed by atoms with Gasteiger partial charge in [0.05, 0.1) is 0 Å². The van der Waals surface area contributed by atoms with E-state index in [2.05, 4.69) is 23.3 Å². The molecular weight excluding hydrogens is 460 g/mol. The molecule has 9 nitrogen and oxygen atoms in total. The third-order valence-corrected chi connectivity index (χ3v) is 5.52. The second-order valence-corrected chi connectivity index (χ2v) is 8.22. The minimum atomic E-state index is -1.83. The lowest BCUT2D eigenvalue weighted by molar-refractivity contribution is -0.146. The highest BCUT2D eigenvalue weighted by atomic mass is 32.1. The summed E-state index contributed by atoms with van der Waals surface area (Å²) >= 11 is 4.04. The Morgan fingerprint density at radius 2 is 1.47 bits per heavy atom. The van der Waals surface area contributed by atoms with E-state index in [0.29, 0.717) is 0 Å². The molecule has 0 saturated heterocycles. The van der Waals surface area contributed by atoms with E-state index >= 15 is 0 Å². The lowest BCUT2D eigenvalue weighted by atomic mass is 10.1. The van der Waals surface area contributed by atoms with Crippen LogP contribution < -0.4 is 10.6 Å². The quantitative estimate of drug-likeness (QED) is 0.205. The largest absolute Gasteiger partial charge is 0.479 e. The van der Waals surface area contributed by atoms with E-state index in [9.17, 15) is 24.3 Å². The molecule has 0 bridgehead atoms. The Labute approximate surface area is 203 Å². The van der Waals surface area contributed by atoms with Gasteiger partial charge < -0.3 is 25.2 Å². The standard InChI is InChI=1S/C24H28N2O7S/c1-2-24(34,22(29)30)26-21(28)19(25-23(31)33-16-18-11-7-4-8-12-18)13-14-20(27)32-15-17-9-5-3-6-10-17/h3-12,19,34H,2,13-16H2,1H3,(H,25,31)(H,26,28)(H,29,30)/t19-,24?/m0/s1. The zero-order valence-corrected chi connectivity index (χ0v) is 19.6. The number of carbonyl (C=O) groups is 4. The summed E-state index contributed by atoms with van der Waals surface area (Å²) < 4.78 is 10.3. The number of hydrogen-bond donors (Lipinski definition) is 4. The first-order valence-corrected chi connectivity index (χ1v) is 11.1. The van der Waals surface area contributed by atoms with Crippen molar-refractivity contribution in [1.82, 2.24) is 10.6 Å². The van der Waals surface area contributed by atoms with Crippen LogP contribution in [-0.2, 0) is 37.1 Å². The van der Waals surface area contributed by atoms with Gasteiger partial charge in [-0.25, -0.2) is 9.59 Å². The number of ether oxygens (including phenoxy) is 2. The van der Waals surface area contributed by atoms with Gasteiger partial charge in [0.15, 0.2) is 4.87 Å². The zero-order valence-electron chi connectivity index (χ0n) is 18.7. The molecule has 2 aromatic carbocycles. The third kappa shape index (κ3) is 8.78. The van der Waals surface area contributed by atoms with Gasteiger partial charge >= 0.3 is 18.0 Å². The van der Waals surface area contributed by atoms with Gasteiger partial charge in [0.2, 0.25) is 5.91 Å². The Bertz CT molecular complexity index is 972. The Morgan fingerprint density at radius 1 is 0.941 bits per heavy atom. The number of alkyl carbamates (subject to hydrolysis) is 1. The first kappa shape index (κ1) is 26.7. The molecule has 2 atom stereocenters. The molecule has 0 saturated carbocycles. The fraction of sp³-hybridized carbons (Fsp3) is 0.333. The lowest BCUT2D eigenvalue weighted by Crippen LogP contribution is -2.56. The summed E-state index contributed by atoms with van der Waals surface area (Å²) in [5.74, 6) is -2.74.